The summed E-state index contributed by atoms with van der Waals surface area (Å²) in [6.45, 7) is 0. The molecule has 1 aromatic heterocycles. The minimum atomic E-state index is -4.14. The summed E-state index contributed by atoms with van der Waals surface area (Å²) in [5.41, 5.74) is -0.300. The zero-order valence-corrected chi connectivity index (χ0v) is 7.52. The Balaban J connectivity index is 3.49. The molecule has 1 rings (SSSR count). The lowest BCUT2D eigenvalue weighted by Gasteiger charge is -1.96. The number of sulfonamides is 1. The summed E-state index contributed by atoms with van der Waals surface area (Å²) in [6, 6.07) is 4.05. The molecule has 1 heterocycles. The third kappa shape index (κ3) is 1.82. The van der Waals surface area contributed by atoms with E-state index in [-0.39, 0.29) is 5.69 Å². The molecular formula is C7H3N3O3S. The molecule has 0 bridgehead atoms. The number of nitriles is 1. The van der Waals surface area contributed by atoms with E-state index < -0.39 is 14.9 Å². The van der Waals surface area contributed by atoms with Crippen molar-refractivity contribution in [2.75, 3.05) is 0 Å². The van der Waals surface area contributed by atoms with Gasteiger partial charge < -0.3 is 0 Å². The molecule has 0 aromatic carbocycles. The molecule has 0 fully saturated rings. The van der Waals surface area contributed by atoms with Gasteiger partial charge in [-0.3, -0.25) is 0 Å². The van der Waals surface area contributed by atoms with Gasteiger partial charge in [0.1, 0.15) is 11.0 Å². The second-order valence-electron chi connectivity index (χ2n) is 2.12. The lowest BCUT2D eigenvalue weighted by atomic mass is 10.4. The van der Waals surface area contributed by atoms with E-state index in [4.69, 9.17) is 5.26 Å². The topological polar surface area (TPSA) is 100 Å². The summed E-state index contributed by atoms with van der Waals surface area (Å²) in [5, 5.41) is 8.53. The predicted molar refractivity (Wildman–Crippen MR) is 44.3 cm³/mol. The van der Waals surface area contributed by atoms with Gasteiger partial charge in [-0.25, -0.2) is 9.78 Å². The Labute approximate surface area is 79.6 Å². The first-order chi connectivity index (χ1) is 6.61. The SMILES string of the molecule is N#Cc1ncccc1S(=O)(=O)N=C=O. The zero-order valence-electron chi connectivity index (χ0n) is 6.71. The molecule has 7 heteroatoms. The first-order valence-electron chi connectivity index (χ1n) is 3.31. The summed E-state index contributed by atoms with van der Waals surface area (Å²) in [7, 11) is -4.14. The average molecular weight is 209 g/mol. The molecule has 1 aromatic rings. The highest BCUT2D eigenvalue weighted by atomic mass is 32.2. The van der Waals surface area contributed by atoms with E-state index in [0.717, 1.165) is 12.1 Å². The van der Waals surface area contributed by atoms with Gasteiger partial charge in [-0.15, -0.1) is 0 Å². The van der Waals surface area contributed by atoms with Crippen LogP contribution < -0.4 is 0 Å². The van der Waals surface area contributed by atoms with Crippen molar-refractivity contribution in [1.29, 1.82) is 5.26 Å². The minimum Gasteiger partial charge on any atom is -0.244 e. The van der Waals surface area contributed by atoms with Crippen LogP contribution in [0.5, 0.6) is 0 Å². The van der Waals surface area contributed by atoms with Crippen LogP contribution in [0.4, 0.5) is 0 Å². The first-order valence-corrected chi connectivity index (χ1v) is 4.75. The maximum absolute atomic E-state index is 11.2. The van der Waals surface area contributed by atoms with Crippen LogP contribution in [-0.2, 0) is 14.8 Å². The van der Waals surface area contributed by atoms with Crippen LogP contribution in [0, 0.1) is 11.3 Å². The highest BCUT2D eigenvalue weighted by Gasteiger charge is 2.17. The van der Waals surface area contributed by atoms with Crippen molar-refractivity contribution in [3.8, 4) is 6.07 Å². The Hall–Kier alpha value is -2.03. The maximum Gasteiger partial charge on any atom is 0.295 e. The van der Waals surface area contributed by atoms with Gasteiger partial charge >= 0.3 is 0 Å². The lowest BCUT2D eigenvalue weighted by molar-refractivity contribution is 0.563. The minimum absolute atomic E-state index is 0.300. The fourth-order valence-electron chi connectivity index (χ4n) is 0.781. The van der Waals surface area contributed by atoms with Gasteiger partial charge in [-0.1, -0.05) is 4.40 Å². The average Bonchev–Trinajstić information content (AvgIpc) is 2.18. The number of pyridine rings is 1. The van der Waals surface area contributed by atoms with Crippen molar-refractivity contribution < 1.29 is 13.2 Å². The van der Waals surface area contributed by atoms with Gasteiger partial charge in [0.05, 0.1) is 0 Å². The van der Waals surface area contributed by atoms with E-state index >= 15 is 0 Å². The van der Waals surface area contributed by atoms with E-state index in [1.165, 1.54) is 12.3 Å². The Bertz CT molecular complexity index is 538. The molecule has 0 saturated carbocycles. The van der Waals surface area contributed by atoms with Crippen LogP contribution in [0.2, 0.25) is 0 Å². The van der Waals surface area contributed by atoms with Crippen molar-refractivity contribution in [2.24, 2.45) is 4.40 Å². The molecule has 0 unspecified atom stereocenters. The summed E-state index contributed by atoms with van der Waals surface area (Å²) >= 11 is 0. The number of nitrogens with zero attached hydrogens (tertiary/aromatic N) is 3. The molecule has 0 N–H and O–H groups in total. The van der Waals surface area contributed by atoms with Crippen molar-refractivity contribution in [3.05, 3.63) is 24.0 Å². The normalized spacial score (nSPS) is 9.93. The molecule has 70 valence electrons. The Morgan fingerprint density at radius 2 is 2.21 bits per heavy atom. The van der Waals surface area contributed by atoms with Gasteiger partial charge in [0, 0.05) is 6.20 Å². The standard InChI is InChI=1S/C7H3N3O3S/c8-4-6-7(2-1-3-9-6)14(12,13)10-5-11/h1-3H. The van der Waals surface area contributed by atoms with E-state index in [1.54, 1.807) is 6.07 Å². The number of hydrogen-bond acceptors (Lipinski definition) is 5. The highest BCUT2D eigenvalue weighted by molar-refractivity contribution is 7.90. The number of hydrogen-bond donors (Lipinski definition) is 0. The third-order valence-corrected chi connectivity index (χ3v) is 2.51. The van der Waals surface area contributed by atoms with Crippen LogP contribution in [0.25, 0.3) is 0 Å². The van der Waals surface area contributed by atoms with E-state index in [2.05, 4.69) is 9.38 Å². The van der Waals surface area contributed by atoms with Gasteiger partial charge in [-0.2, -0.15) is 13.7 Å². The van der Waals surface area contributed by atoms with Crippen LogP contribution in [0.1, 0.15) is 5.69 Å². The Morgan fingerprint density at radius 1 is 1.50 bits per heavy atom. The van der Waals surface area contributed by atoms with Gasteiger partial charge in [-0.05, 0) is 12.1 Å². The van der Waals surface area contributed by atoms with Crippen LogP contribution >= 0.6 is 0 Å². The van der Waals surface area contributed by atoms with Crippen molar-refractivity contribution >= 4 is 16.1 Å². The van der Waals surface area contributed by atoms with E-state index in [9.17, 15) is 13.2 Å². The smallest absolute Gasteiger partial charge is 0.244 e. The fraction of sp³-hybridized carbons (Fsp3) is 0. The molecule has 0 spiro atoms. The molecule has 14 heavy (non-hydrogen) atoms. The van der Waals surface area contributed by atoms with Gasteiger partial charge in [0.2, 0.25) is 0 Å². The summed E-state index contributed by atoms with van der Waals surface area (Å²) < 4.78 is 25.0. The van der Waals surface area contributed by atoms with Crippen molar-refractivity contribution in [3.63, 3.8) is 0 Å². The molecule has 0 amide bonds. The predicted octanol–water partition coefficient (Wildman–Crippen LogP) is -0.0222. The fourth-order valence-corrected chi connectivity index (χ4v) is 1.57. The molecule has 0 saturated heterocycles. The van der Waals surface area contributed by atoms with Gasteiger partial charge in [0.15, 0.2) is 5.69 Å². The lowest BCUT2D eigenvalue weighted by Crippen LogP contribution is -2.01. The highest BCUT2D eigenvalue weighted by Crippen LogP contribution is 2.13. The number of carbonyl (C=O) groups excluding carboxylic acids is 1. The first kappa shape index (κ1) is 10.1. The van der Waals surface area contributed by atoms with Crippen LogP contribution in [-0.4, -0.2) is 19.5 Å². The number of isocyanates is 1. The molecule has 6 nitrogen and oxygen atoms in total. The Morgan fingerprint density at radius 3 is 2.79 bits per heavy atom. The second-order valence-corrected chi connectivity index (χ2v) is 3.69. The molecule has 0 radical (unpaired) electrons. The van der Waals surface area contributed by atoms with Crippen LogP contribution in [0.15, 0.2) is 27.6 Å². The van der Waals surface area contributed by atoms with Gasteiger partial charge in [0.25, 0.3) is 16.1 Å². The molecule has 0 atom stereocenters. The molecule has 0 aliphatic carbocycles. The van der Waals surface area contributed by atoms with E-state index in [1.807, 2.05) is 0 Å². The summed E-state index contributed by atoms with van der Waals surface area (Å²) in [5.74, 6) is 0. The Kier molecular flexibility index (Phi) is 2.72. The third-order valence-electron chi connectivity index (χ3n) is 1.31. The maximum atomic E-state index is 11.2. The zero-order chi connectivity index (χ0) is 10.6. The number of aromatic nitrogens is 1. The largest absolute Gasteiger partial charge is 0.295 e. The van der Waals surface area contributed by atoms with Crippen molar-refractivity contribution in [1.82, 2.24) is 4.98 Å². The summed E-state index contributed by atoms with van der Waals surface area (Å²) in [4.78, 5) is 12.9. The van der Waals surface area contributed by atoms with E-state index in [0.29, 0.717) is 0 Å². The molecule has 0 aliphatic rings. The molecule has 0 aliphatic heterocycles. The quantitative estimate of drug-likeness (QED) is 0.503. The van der Waals surface area contributed by atoms with Crippen LogP contribution in [0.3, 0.4) is 0 Å². The molecular weight excluding hydrogens is 206 g/mol. The monoisotopic (exact) mass is 209 g/mol. The van der Waals surface area contributed by atoms with Crippen molar-refractivity contribution in [2.45, 2.75) is 4.90 Å². The summed E-state index contributed by atoms with van der Waals surface area (Å²) in [6.07, 6.45) is 2.17. The second kappa shape index (κ2) is 3.79. The number of rotatable bonds is 2.